The molecule has 0 N–H and O–H groups in total. The third-order valence-corrected chi connectivity index (χ3v) is 1.62. The Labute approximate surface area is 66.1 Å². The van der Waals surface area contributed by atoms with Crippen molar-refractivity contribution in [3.05, 3.63) is 17.3 Å². The predicted molar refractivity (Wildman–Crippen MR) is 43.5 cm³/mol. The number of aryl methyl sites for hydroxylation is 3. The Morgan fingerprint density at radius 3 is 2.60 bits per heavy atom. The molecule has 2 nitrogen and oxygen atoms in total. The minimum absolute atomic E-state index is 0.791. The Balaban J connectivity index is 2.77. The van der Waals surface area contributed by atoms with Gasteiger partial charge in [0.15, 0.2) is 5.89 Å². The molecular formula is C7H11NOS. The van der Waals surface area contributed by atoms with E-state index in [9.17, 15) is 0 Å². The largest absolute Gasteiger partial charge is 0.446 e. The third-order valence-electron chi connectivity index (χ3n) is 1.40. The molecule has 0 spiro atoms. The molecule has 0 saturated carbocycles. The number of hydrogen-bond acceptors (Lipinski definition) is 3. The SMILES string of the molecule is Cc1nc(CCS)oc1C. The molecule has 0 aliphatic rings. The normalized spacial score (nSPS) is 10.3. The molecule has 0 unspecified atom stereocenters. The maximum absolute atomic E-state index is 5.29. The maximum atomic E-state index is 5.29. The van der Waals surface area contributed by atoms with Crippen LogP contribution in [0.25, 0.3) is 0 Å². The van der Waals surface area contributed by atoms with Gasteiger partial charge in [-0.1, -0.05) is 0 Å². The first-order valence-corrected chi connectivity index (χ1v) is 3.91. The van der Waals surface area contributed by atoms with E-state index in [1.165, 1.54) is 0 Å². The van der Waals surface area contributed by atoms with Crippen molar-refractivity contribution in [2.45, 2.75) is 20.3 Å². The minimum atomic E-state index is 0.791. The monoisotopic (exact) mass is 157 g/mol. The third kappa shape index (κ3) is 1.53. The quantitative estimate of drug-likeness (QED) is 0.662. The second-order valence-electron chi connectivity index (χ2n) is 2.22. The van der Waals surface area contributed by atoms with Gasteiger partial charge in [0.2, 0.25) is 0 Å². The summed E-state index contributed by atoms with van der Waals surface area (Å²) in [5.74, 6) is 2.50. The zero-order valence-corrected chi connectivity index (χ0v) is 7.11. The minimum Gasteiger partial charge on any atom is -0.446 e. The Bertz CT molecular complexity index is 200. The summed E-state index contributed by atoms with van der Waals surface area (Å²) in [5.41, 5.74) is 0.983. The number of oxazole rings is 1. The fourth-order valence-corrected chi connectivity index (χ4v) is 0.933. The zero-order chi connectivity index (χ0) is 7.56. The van der Waals surface area contributed by atoms with Gasteiger partial charge in [0, 0.05) is 6.42 Å². The molecule has 3 heteroatoms. The van der Waals surface area contributed by atoms with Crippen LogP contribution in [0.4, 0.5) is 0 Å². The van der Waals surface area contributed by atoms with Crippen LogP contribution in [0.3, 0.4) is 0 Å². The van der Waals surface area contributed by atoms with Gasteiger partial charge in [-0.25, -0.2) is 4.98 Å². The van der Waals surface area contributed by atoms with E-state index in [0.717, 1.165) is 29.5 Å². The molecule has 0 aromatic carbocycles. The van der Waals surface area contributed by atoms with Crippen molar-refractivity contribution in [3.8, 4) is 0 Å². The van der Waals surface area contributed by atoms with Crippen LogP contribution in [-0.4, -0.2) is 10.7 Å². The molecule has 0 aliphatic carbocycles. The van der Waals surface area contributed by atoms with E-state index in [4.69, 9.17) is 4.42 Å². The van der Waals surface area contributed by atoms with Gasteiger partial charge in [-0.05, 0) is 19.6 Å². The van der Waals surface area contributed by atoms with E-state index in [-0.39, 0.29) is 0 Å². The number of hydrogen-bond donors (Lipinski definition) is 1. The van der Waals surface area contributed by atoms with E-state index < -0.39 is 0 Å². The molecule has 0 aliphatic heterocycles. The molecule has 0 amide bonds. The van der Waals surface area contributed by atoms with Gasteiger partial charge >= 0.3 is 0 Å². The fraction of sp³-hybridized carbons (Fsp3) is 0.571. The first-order valence-electron chi connectivity index (χ1n) is 3.28. The molecular weight excluding hydrogens is 146 g/mol. The highest BCUT2D eigenvalue weighted by molar-refractivity contribution is 7.80. The predicted octanol–water partition coefficient (Wildman–Crippen LogP) is 1.76. The number of rotatable bonds is 2. The van der Waals surface area contributed by atoms with E-state index >= 15 is 0 Å². The molecule has 1 aromatic heterocycles. The molecule has 1 heterocycles. The highest BCUT2D eigenvalue weighted by Gasteiger charge is 2.02. The Hall–Kier alpha value is -0.440. The number of aromatic nitrogens is 1. The molecule has 1 rings (SSSR count). The van der Waals surface area contributed by atoms with Gasteiger partial charge in [-0.3, -0.25) is 0 Å². The van der Waals surface area contributed by atoms with E-state index in [0.29, 0.717) is 0 Å². The second kappa shape index (κ2) is 3.10. The van der Waals surface area contributed by atoms with Crippen molar-refractivity contribution >= 4 is 12.6 Å². The Morgan fingerprint density at radius 2 is 2.20 bits per heavy atom. The second-order valence-corrected chi connectivity index (χ2v) is 2.67. The number of thiol groups is 1. The van der Waals surface area contributed by atoms with E-state index in [2.05, 4.69) is 17.6 Å². The van der Waals surface area contributed by atoms with Gasteiger partial charge in [0.25, 0.3) is 0 Å². The highest BCUT2D eigenvalue weighted by atomic mass is 32.1. The van der Waals surface area contributed by atoms with Gasteiger partial charge in [-0.15, -0.1) is 0 Å². The van der Waals surface area contributed by atoms with Crippen molar-refractivity contribution in [1.29, 1.82) is 0 Å². The summed E-state index contributed by atoms with van der Waals surface area (Å²) >= 11 is 4.08. The van der Waals surface area contributed by atoms with Crippen LogP contribution in [0.5, 0.6) is 0 Å². The van der Waals surface area contributed by atoms with Crippen molar-refractivity contribution in [2.75, 3.05) is 5.75 Å². The molecule has 0 atom stereocenters. The van der Waals surface area contributed by atoms with Gasteiger partial charge < -0.3 is 4.42 Å². The Morgan fingerprint density at radius 1 is 1.50 bits per heavy atom. The lowest BCUT2D eigenvalue weighted by molar-refractivity contribution is 0.477. The molecule has 0 fully saturated rings. The van der Waals surface area contributed by atoms with Crippen LogP contribution in [0.15, 0.2) is 4.42 Å². The summed E-state index contributed by atoms with van der Waals surface area (Å²) in [4.78, 5) is 4.18. The summed E-state index contributed by atoms with van der Waals surface area (Å²) in [5, 5.41) is 0. The molecule has 56 valence electrons. The van der Waals surface area contributed by atoms with Crippen LogP contribution in [-0.2, 0) is 6.42 Å². The first kappa shape index (κ1) is 7.66. The van der Waals surface area contributed by atoms with E-state index in [1.807, 2.05) is 13.8 Å². The smallest absolute Gasteiger partial charge is 0.195 e. The zero-order valence-electron chi connectivity index (χ0n) is 6.22. The first-order chi connectivity index (χ1) is 4.74. The summed E-state index contributed by atoms with van der Waals surface area (Å²) in [6, 6.07) is 0. The molecule has 0 saturated heterocycles. The van der Waals surface area contributed by atoms with Crippen LogP contribution in [0, 0.1) is 13.8 Å². The molecule has 0 radical (unpaired) electrons. The lowest BCUT2D eigenvalue weighted by atomic mass is 10.4. The van der Waals surface area contributed by atoms with Crippen LogP contribution < -0.4 is 0 Å². The van der Waals surface area contributed by atoms with Crippen molar-refractivity contribution in [2.24, 2.45) is 0 Å². The topological polar surface area (TPSA) is 26.0 Å². The van der Waals surface area contributed by atoms with Gasteiger partial charge in [-0.2, -0.15) is 12.6 Å². The summed E-state index contributed by atoms with van der Waals surface area (Å²) in [6.45, 7) is 3.87. The van der Waals surface area contributed by atoms with Crippen LogP contribution >= 0.6 is 12.6 Å². The van der Waals surface area contributed by atoms with E-state index in [1.54, 1.807) is 0 Å². The summed E-state index contributed by atoms with van der Waals surface area (Å²) in [6.07, 6.45) is 0.817. The number of nitrogens with zero attached hydrogens (tertiary/aromatic N) is 1. The lowest BCUT2D eigenvalue weighted by Crippen LogP contribution is -1.84. The lowest BCUT2D eigenvalue weighted by Gasteiger charge is -1.85. The van der Waals surface area contributed by atoms with Crippen molar-refractivity contribution in [1.82, 2.24) is 4.98 Å². The highest BCUT2D eigenvalue weighted by Crippen LogP contribution is 2.08. The van der Waals surface area contributed by atoms with Crippen molar-refractivity contribution < 1.29 is 4.42 Å². The van der Waals surface area contributed by atoms with Gasteiger partial charge in [0.1, 0.15) is 5.76 Å². The van der Waals surface area contributed by atoms with Crippen LogP contribution in [0.2, 0.25) is 0 Å². The van der Waals surface area contributed by atoms with Gasteiger partial charge in [0.05, 0.1) is 5.69 Å². The molecule has 0 bridgehead atoms. The van der Waals surface area contributed by atoms with Crippen LogP contribution in [0.1, 0.15) is 17.3 Å². The summed E-state index contributed by atoms with van der Waals surface area (Å²) in [7, 11) is 0. The van der Waals surface area contributed by atoms with Crippen molar-refractivity contribution in [3.63, 3.8) is 0 Å². The molecule has 10 heavy (non-hydrogen) atoms. The fourth-order valence-electron chi connectivity index (χ4n) is 0.742. The standard InChI is InChI=1S/C7H11NOS/c1-5-6(2)9-7(8-5)3-4-10/h10H,3-4H2,1-2H3. The Kier molecular flexibility index (Phi) is 2.38. The molecule has 1 aromatic rings. The maximum Gasteiger partial charge on any atom is 0.195 e. The average Bonchev–Trinajstić information content (AvgIpc) is 2.14. The summed E-state index contributed by atoms with van der Waals surface area (Å²) < 4.78 is 5.29. The average molecular weight is 157 g/mol.